The number of carbonyl (C=O) groups excluding carboxylic acids is 1. The van der Waals surface area contributed by atoms with Gasteiger partial charge in [0.15, 0.2) is 5.16 Å². The fraction of sp³-hybridized carbons (Fsp3) is 0.550. The van der Waals surface area contributed by atoms with Crippen molar-refractivity contribution < 1.29 is 22.7 Å². The first-order valence-corrected chi connectivity index (χ1v) is 13.1. The number of nitrogens with zero attached hydrogens (tertiary/aromatic N) is 3. The topological polar surface area (TPSA) is 136 Å². The van der Waals surface area contributed by atoms with Crippen LogP contribution in [-0.4, -0.2) is 77.7 Å². The first-order chi connectivity index (χ1) is 15.8. The normalized spacial score (nSPS) is 20.6. The summed E-state index contributed by atoms with van der Waals surface area (Å²) in [6, 6.07) is 6.18. The molecule has 2 aliphatic rings. The molecule has 1 aromatic carbocycles. The van der Waals surface area contributed by atoms with Crippen LogP contribution in [0, 0.1) is 0 Å². The van der Waals surface area contributed by atoms with E-state index in [4.69, 9.17) is 9.47 Å². The van der Waals surface area contributed by atoms with E-state index in [1.54, 1.807) is 19.1 Å². The number of aromatic amines is 1. The Morgan fingerprint density at radius 1 is 1.33 bits per heavy atom. The molecule has 0 aliphatic carbocycles. The zero-order valence-electron chi connectivity index (χ0n) is 18.2. The molecule has 180 valence electrons. The Bertz CT molecular complexity index is 1140. The Morgan fingerprint density at radius 3 is 2.85 bits per heavy atom. The molecule has 2 unspecified atom stereocenters. The molecule has 0 bridgehead atoms. The summed E-state index contributed by atoms with van der Waals surface area (Å²) in [6.07, 6.45) is 1.79. The van der Waals surface area contributed by atoms with Gasteiger partial charge >= 0.3 is 5.69 Å². The number of morpholine rings is 1. The van der Waals surface area contributed by atoms with Crippen molar-refractivity contribution in [2.45, 2.75) is 47.7 Å². The maximum absolute atomic E-state index is 12.9. The molecule has 1 amide bonds. The number of rotatable bonds is 8. The molecule has 33 heavy (non-hydrogen) atoms. The molecule has 2 fully saturated rings. The second-order valence-electron chi connectivity index (χ2n) is 7.85. The Balaban J connectivity index is 1.41. The summed E-state index contributed by atoms with van der Waals surface area (Å²) >= 11 is 1.15. The Kier molecular flexibility index (Phi) is 7.54. The average Bonchev–Trinajstić information content (AvgIpc) is 3.45. The number of anilines is 1. The first-order valence-electron chi connectivity index (χ1n) is 10.8. The zero-order valence-corrected chi connectivity index (χ0v) is 19.9. The highest BCUT2D eigenvalue weighted by Gasteiger charge is 2.27. The lowest BCUT2D eigenvalue weighted by atomic mass is 10.2. The highest BCUT2D eigenvalue weighted by atomic mass is 32.2. The second kappa shape index (κ2) is 10.4. The monoisotopic (exact) mass is 497 g/mol. The van der Waals surface area contributed by atoms with Crippen molar-refractivity contribution in [3.8, 4) is 0 Å². The van der Waals surface area contributed by atoms with Crippen molar-refractivity contribution in [2.24, 2.45) is 0 Å². The number of nitrogens with one attached hydrogen (secondary N) is 2. The van der Waals surface area contributed by atoms with Gasteiger partial charge in [-0.3, -0.25) is 9.36 Å². The van der Waals surface area contributed by atoms with Crippen LogP contribution in [0.3, 0.4) is 0 Å². The number of hydrogen-bond acceptors (Lipinski definition) is 8. The van der Waals surface area contributed by atoms with Gasteiger partial charge in [-0.15, -0.1) is 5.10 Å². The standard InChI is InChI=1S/C20H27N5O6S2/c1-14(32-20-23-22-19(27)25(20)13-16-5-3-9-31-16)18(26)21-15-4-2-6-17(12-15)33(28,29)24-7-10-30-11-8-24/h2,4,6,12,14,16H,3,5,7-11,13H2,1H3,(H,21,26)(H,22,27). The van der Waals surface area contributed by atoms with Gasteiger partial charge in [0.2, 0.25) is 15.9 Å². The number of sulfonamides is 1. The van der Waals surface area contributed by atoms with Crippen LogP contribution in [-0.2, 0) is 30.8 Å². The van der Waals surface area contributed by atoms with Gasteiger partial charge in [0.05, 0.1) is 36.0 Å². The third-order valence-corrected chi connectivity index (χ3v) is 8.48. The number of thioether (sulfide) groups is 1. The van der Waals surface area contributed by atoms with Crippen molar-refractivity contribution >= 4 is 33.4 Å². The van der Waals surface area contributed by atoms with Crippen molar-refractivity contribution in [3.05, 3.63) is 34.7 Å². The molecule has 11 nitrogen and oxygen atoms in total. The molecule has 3 heterocycles. The Morgan fingerprint density at radius 2 is 2.12 bits per heavy atom. The highest BCUT2D eigenvalue weighted by Crippen LogP contribution is 2.24. The van der Waals surface area contributed by atoms with E-state index in [-0.39, 0.29) is 22.6 Å². The van der Waals surface area contributed by atoms with Gasteiger partial charge in [-0.05, 0) is 38.0 Å². The van der Waals surface area contributed by atoms with Crippen LogP contribution in [0.5, 0.6) is 0 Å². The third kappa shape index (κ3) is 5.66. The van der Waals surface area contributed by atoms with Crippen LogP contribution in [0.4, 0.5) is 5.69 Å². The Labute approximate surface area is 195 Å². The molecule has 2 saturated heterocycles. The van der Waals surface area contributed by atoms with Gasteiger partial charge in [0.1, 0.15) is 0 Å². The van der Waals surface area contributed by atoms with Crippen LogP contribution >= 0.6 is 11.8 Å². The van der Waals surface area contributed by atoms with E-state index in [9.17, 15) is 18.0 Å². The van der Waals surface area contributed by atoms with Crippen LogP contribution in [0.1, 0.15) is 19.8 Å². The third-order valence-electron chi connectivity index (χ3n) is 5.49. The molecule has 1 aromatic heterocycles. The number of ether oxygens (including phenoxy) is 2. The number of H-pyrrole nitrogens is 1. The molecule has 2 N–H and O–H groups in total. The molecule has 0 saturated carbocycles. The number of amides is 1. The molecule has 0 radical (unpaired) electrons. The highest BCUT2D eigenvalue weighted by molar-refractivity contribution is 8.00. The summed E-state index contributed by atoms with van der Waals surface area (Å²) in [5.74, 6) is -0.333. The SMILES string of the molecule is CC(Sc1n[nH]c(=O)n1CC1CCCO1)C(=O)Nc1cccc(S(=O)(=O)N2CCOCC2)c1. The van der Waals surface area contributed by atoms with Gasteiger partial charge in [-0.1, -0.05) is 17.8 Å². The number of carbonyl (C=O) groups is 1. The molecule has 13 heteroatoms. The minimum atomic E-state index is -3.67. The van der Waals surface area contributed by atoms with Crippen LogP contribution < -0.4 is 11.0 Å². The lowest BCUT2D eigenvalue weighted by Crippen LogP contribution is -2.40. The zero-order chi connectivity index (χ0) is 23.4. The van der Waals surface area contributed by atoms with Gasteiger partial charge in [0.25, 0.3) is 0 Å². The van der Waals surface area contributed by atoms with Crippen molar-refractivity contribution in [1.82, 2.24) is 19.1 Å². The minimum absolute atomic E-state index is 0.0417. The summed E-state index contributed by atoms with van der Waals surface area (Å²) in [6.45, 7) is 4.06. The van der Waals surface area contributed by atoms with E-state index < -0.39 is 15.3 Å². The summed E-state index contributed by atoms with van der Waals surface area (Å²) in [5, 5.41) is 9.06. The van der Waals surface area contributed by atoms with E-state index in [1.807, 2.05) is 0 Å². The number of benzene rings is 1. The maximum Gasteiger partial charge on any atom is 0.344 e. The molecular weight excluding hydrogens is 470 g/mol. The fourth-order valence-electron chi connectivity index (χ4n) is 3.67. The van der Waals surface area contributed by atoms with Crippen molar-refractivity contribution in [1.29, 1.82) is 0 Å². The molecule has 0 spiro atoms. The predicted octanol–water partition coefficient (Wildman–Crippen LogP) is 0.891. The average molecular weight is 498 g/mol. The molecule has 2 atom stereocenters. The largest absolute Gasteiger partial charge is 0.379 e. The summed E-state index contributed by atoms with van der Waals surface area (Å²) in [5.41, 5.74) is 0.0298. The van der Waals surface area contributed by atoms with Crippen LogP contribution in [0.2, 0.25) is 0 Å². The van der Waals surface area contributed by atoms with E-state index in [1.165, 1.54) is 21.0 Å². The van der Waals surface area contributed by atoms with Crippen LogP contribution in [0.25, 0.3) is 0 Å². The molecular formula is C20H27N5O6S2. The van der Waals surface area contributed by atoms with E-state index in [0.717, 1.165) is 24.6 Å². The summed E-state index contributed by atoms with van der Waals surface area (Å²) in [7, 11) is -3.67. The molecule has 2 aromatic rings. The van der Waals surface area contributed by atoms with Gasteiger partial charge in [-0.2, -0.15) is 4.31 Å². The van der Waals surface area contributed by atoms with Crippen LogP contribution in [0.15, 0.2) is 39.1 Å². The summed E-state index contributed by atoms with van der Waals surface area (Å²) < 4.78 is 39.5. The molecule has 2 aliphatic heterocycles. The van der Waals surface area contributed by atoms with E-state index in [0.29, 0.717) is 50.3 Å². The lowest BCUT2D eigenvalue weighted by Gasteiger charge is -2.26. The van der Waals surface area contributed by atoms with Gasteiger partial charge < -0.3 is 14.8 Å². The Hall–Kier alpha value is -2.19. The minimum Gasteiger partial charge on any atom is -0.379 e. The summed E-state index contributed by atoms with van der Waals surface area (Å²) in [4.78, 5) is 25.0. The van der Waals surface area contributed by atoms with Gasteiger partial charge in [0, 0.05) is 25.4 Å². The number of hydrogen-bond donors (Lipinski definition) is 2. The number of aromatic nitrogens is 3. The first kappa shape index (κ1) is 24.0. The smallest absolute Gasteiger partial charge is 0.344 e. The van der Waals surface area contributed by atoms with Crippen molar-refractivity contribution in [2.75, 3.05) is 38.2 Å². The predicted molar refractivity (Wildman–Crippen MR) is 122 cm³/mol. The van der Waals surface area contributed by atoms with Crippen molar-refractivity contribution in [3.63, 3.8) is 0 Å². The van der Waals surface area contributed by atoms with E-state index in [2.05, 4.69) is 15.5 Å². The molecule has 4 rings (SSSR count). The van der Waals surface area contributed by atoms with Gasteiger partial charge in [-0.25, -0.2) is 18.3 Å². The lowest BCUT2D eigenvalue weighted by molar-refractivity contribution is -0.115. The maximum atomic E-state index is 12.9. The second-order valence-corrected chi connectivity index (χ2v) is 11.1. The fourth-order valence-corrected chi connectivity index (χ4v) is 5.99. The van der Waals surface area contributed by atoms with E-state index >= 15 is 0 Å². The quantitative estimate of drug-likeness (QED) is 0.514.